The monoisotopic (exact) mass is 381 g/mol. The number of aromatic nitrogens is 3. The molecule has 0 saturated carbocycles. The van der Waals surface area contributed by atoms with E-state index >= 15 is 0 Å². The topological polar surface area (TPSA) is 46.3 Å². The lowest BCUT2D eigenvalue weighted by molar-refractivity contribution is 0.258. The maximum Gasteiger partial charge on any atom is 0.253 e. The Morgan fingerprint density at radius 3 is 2.72 bits per heavy atom. The minimum Gasteiger partial charge on any atom is -0.355 e. The van der Waals surface area contributed by atoms with Crippen LogP contribution < -0.4 is 0 Å². The van der Waals surface area contributed by atoms with Crippen LogP contribution in [0, 0.1) is 11.7 Å². The summed E-state index contributed by atoms with van der Waals surface area (Å²) in [6.45, 7) is 7.27. The van der Waals surface area contributed by atoms with E-state index in [9.17, 15) is 4.39 Å². The Hall–Kier alpha value is -1.92. The standard InChI is InChI=1S/C17H18Cl2FN5/c1-11-6-8-24(9-7-11)16(25-17(21-2)22-10-23-25)15(19)14-12(18)4-3-5-13(14)20/h3-5,10-11H,2,6-9H2,1H3/b16-15-. The number of aliphatic imine (C=N–C) groups is 1. The van der Waals surface area contributed by atoms with E-state index in [2.05, 4.69) is 33.6 Å². The van der Waals surface area contributed by atoms with Gasteiger partial charge in [-0.15, -0.1) is 0 Å². The van der Waals surface area contributed by atoms with E-state index in [0.29, 0.717) is 17.7 Å². The number of nitrogens with zero attached hydrogens (tertiary/aromatic N) is 5. The molecule has 0 bridgehead atoms. The van der Waals surface area contributed by atoms with Crippen molar-refractivity contribution in [3.63, 3.8) is 0 Å². The fraction of sp³-hybridized carbons (Fsp3) is 0.353. The van der Waals surface area contributed by atoms with Gasteiger partial charge in [0.15, 0.2) is 5.82 Å². The summed E-state index contributed by atoms with van der Waals surface area (Å²) in [6, 6.07) is 4.47. The minimum absolute atomic E-state index is 0.143. The second-order valence-electron chi connectivity index (χ2n) is 6.03. The summed E-state index contributed by atoms with van der Waals surface area (Å²) in [4.78, 5) is 10.0. The number of piperidine rings is 1. The molecule has 5 nitrogen and oxygen atoms in total. The van der Waals surface area contributed by atoms with Crippen molar-refractivity contribution in [1.29, 1.82) is 0 Å². The molecule has 1 saturated heterocycles. The maximum absolute atomic E-state index is 14.4. The normalized spacial score (nSPS) is 16.7. The third-order valence-electron chi connectivity index (χ3n) is 4.33. The molecule has 1 aromatic carbocycles. The molecule has 0 atom stereocenters. The second kappa shape index (κ2) is 7.54. The summed E-state index contributed by atoms with van der Waals surface area (Å²) in [6.07, 6.45) is 3.37. The number of rotatable bonds is 4. The first-order valence-electron chi connectivity index (χ1n) is 7.99. The fourth-order valence-electron chi connectivity index (χ4n) is 2.90. The van der Waals surface area contributed by atoms with E-state index in [1.807, 2.05) is 0 Å². The van der Waals surface area contributed by atoms with Gasteiger partial charge in [0, 0.05) is 13.1 Å². The fourth-order valence-corrected chi connectivity index (χ4v) is 3.60. The van der Waals surface area contributed by atoms with Gasteiger partial charge in [-0.3, -0.25) is 0 Å². The average molecular weight is 382 g/mol. The summed E-state index contributed by atoms with van der Waals surface area (Å²) in [7, 11) is 0. The smallest absolute Gasteiger partial charge is 0.253 e. The van der Waals surface area contributed by atoms with Gasteiger partial charge in [0.05, 0.1) is 15.6 Å². The van der Waals surface area contributed by atoms with Crippen molar-refractivity contribution in [2.24, 2.45) is 10.9 Å². The van der Waals surface area contributed by atoms with Gasteiger partial charge in [0.25, 0.3) is 5.95 Å². The highest BCUT2D eigenvalue weighted by molar-refractivity contribution is 6.53. The predicted octanol–water partition coefficient (Wildman–Crippen LogP) is 4.66. The SMILES string of the molecule is C=Nc1ncnn1/C(=C(\Cl)c1c(F)cccc1Cl)N1CCC(C)CC1. The molecular formula is C17H18Cl2FN5. The van der Waals surface area contributed by atoms with Gasteiger partial charge in [0.1, 0.15) is 12.1 Å². The molecule has 1 aliphatic heterocycles. The Bertz CT molecular complexity index is 789. The molecule has 0 radical (unpaired) electrons. The van der Waals surface area contributed by atoms with E-state index < -0.39 is 5.82 Å². The van der Waals surface area contributed by atoms with E-state index in [-0.39, 0.29) is 15.6 Å². The third-order valence-corrected chi connectivity index (χ3v) is 5.01. The molecule has 2 aromatic rings. The van der Waals surface area contributed by atoms with Gasteiger partial charge in [-0.05, 0) is 37.6 Å². The minimum atomic E-state index is -0.492. The van der Waals surface area contributed by atoms with E-state index in [0.717, 1.165) is 25.9 Å². The lowest BCUT2D eigenvalue weighted by atomic mass is 9.99. The highest BCUT2D eigenvalue weighted by atomic mass is 35.5. The molecule has 132 valence electrons. The molecule has 0 amide bonds. The molecule has 1 fully saturated rings. The van der Waals surface area contributed by atoms with Crippen LogP contribution in [0.2, 0.25) is 5.02 Å². The molecule has 2 heterocycles. The molecule has 8 heteroatoms. The van der Waals surface area contributed by atoms with Crippen molar-refractivity contribution >= 4 is 46.7 Å². The number of benzene rings is 1. The largest absolute Gasteiger partial charge is 0.355 e. The quantitative estimate of drug-likeness (QED) is 0.723. The summed E-state index contributed by atoms with van der Waals surface area (Å²) >= 11 is 12.8. The van der Waals surface area contributed by atoms with Gasteiger partial charge in [0.2, 0.25) is 0 Å². The first-order valence-corrected chi connectivity index (χ1v) is 8.74. The zero-order valence-electron chi connectivity index (χ0n) is 13.8. The van der Waals surface area contributed by atoms with Crippen LogP contribution in [0.25, 0.3) is 10.9 Å². The molecule has 1 aromatic heterocycles. The Kier molecular flexibility index (Phi) is 5.39. The molecule has 0 unspecified atom stereocenters. The van der Waals surface area contributed by atoms with E-state index in [4.69, 9.17) is 23.2 Å². The van der Waals surface area contributed by atoms with Crippen LogP contribution in [0.15, 0.2) is 29.5 Å². The molecule has 0 aliphatic carbocycles. The van der Waals surface area contributed by atoms with Crippen molar-refractivity contribution in [3.8, 4) is 0 Å². The first kappa shape index (κ1) is 17.9. The van der Waals surface area contributed by atoms with Crippen LogP contribution in [-0.2, 0) is 0 Å². The summed E-state index contributed by atoms with van der Waals surface area (Å²) in [5.41, 5.74) is 0.143. The van der Waals surface area contributed by atoms with Crippen LogP contribution in [0.3, 0.4) is 0 Å². The van der Waals surface area contributed by atoms with Gasteiger partial charge < -0.3 is 4.90 Å². The van der Waals surface area contributed by atoms with Crippen LogP contribution in [0.4, 0.5) is 10.3 Å². The van der Waals surface area contributed by atoms with Gasteiger partial charge in [-0.1, -0.05) is 36.2 Å². The zero-order chi connectivity index (χ0) is 18.0. The van der Waals surface area contributed by atoms with Crippen LogP contribution in [0.5, 0.6) is 0 Å². The van der Waals surface area contributed by atoms with E-state index in [1.54, 1.807) is 12.1 Å². The van der Waals surface area contributed by atoms with Gasteiger partial charge in [-0.2, -0.15) is 14.8 Å². The van der Waals surface area contributed by atoms with Crippen molar-refractivity contribution in [2.75, 3.05) is 13.1 Å². The van der Waals surface area contributed by atoms with Crippen molar-refractivity contribution in [2.45, 2.75) is 19.8 Å². The highest BCUT2D eigenvalue weighted by Crippen LogP contribution is 2.37. The summed E-state index contributed by atoms with van der Waals surface area (Å²) in [5, 5.41) is 4.62. The first-order chi connectivity index (χ1) is 12.0. The predicted molar refractivity (Wildman–Crippen MR) is 99.6 cm³/mol. The molecule has 1 aliphatic rings. The van der Waals surface area contributed by atoms with Crippen molar-refractivity contribution < 1.29 is 4.39 Å². The molecular weight excluding hydrogens is 364 g/mol. The molecule has 25 heavy (non-hydrogen) atoms. The highest BCUT2D eigenvalue weighted by Gasteiger charge is 2.26. The lowest BCUT2D eigenvalue weighted by Crippen LogP contribution is -2.34. The Labute approximate surface area is 155 Å². The number of halogens is 3. The Morgan fingerprint density at radius 2 is 2.08 bits per heavy atom. The summed E-state index contributed by atoms with van der Waals surface area (Å²) in [5.74, 6) is 0.939. The van der Waals surface area contributed by atoms with Crippen LogP contribution in [0.1, 0.15) is 25.3 Å². The number of hydrogen-bond acceptors (Lipinski definition) is 4. The lowest BCUT2D eigenvalue weighted by Gasteiger charge is -2.34. The van der Waals surface area contributed by atoms with Gasteiger partial charge >= 0.3 is 0 Å². The number of hydrogen-bond donors (Lipinski definition) is 0. The van der Waals surface area contributed by atoms with Crippen LogP contribution in [-0.4, -0.2) is 39.5 Å². The third kappa shape index (κ3) is 3.55. The Morgan fingerprint density at radius 1 is 1.36 bits per heavy atom. The Balaban J connectivity index is 2.18. The molecule has 0 N–H and O–H groups in total. The summed E-state index contributed by atoms with van der Waals surface area (Å²) < 4.78 is 15.9. The molecule has 0 spiro atoms. The van der Waals surface area contributed by atoms with E-state index in [1.165, 1.54) is 17.1 Å². The van der Waals surface area contributed by atoms with Crippen LogP contribution >= 0.6 is 23.2 Å². The molecule has 3 rings (SSSR count). The van der Waals surface area contributed by atoms with Crippen molar-refractivity contribution in [3.05, 3.63) is 40.9 Å². The zero-order valence-corrected chi connectivity index (χ0v) is 15.3. The average Bonchev–Trinajstić information content (AvgIpc) is 3.05. The second-order valence-corrected chi connectivity index (χ2v) is 6.82. The number of likely N-dealkylation sites (tertiary alicyclic amines) is 1. The van der Waals surface area contributed by atoms with Crippen molar-refractivity contribution in [1.82, 2.24) is 19.7 Å². The van der Waals surface area contributed by atoms with Gasteiger partial charge in [-0.25, -0.2) is 9.38 Å². The maximum atomic E-state index is 14.4.